The van der Waals surface area contributed by atoms with Crippen molar-refractivity contribution in [1.29, 1.82) is 0 Å². The Bertz CT molecular complexity index is 324. The molecule has 0 atom stereocenters. The minimum Gasteiger partial charge on any atom is -0.207 e. The first-order valence-electron chi connectivity index (χ1n) is 6.77. The predicted octanol–water partition coefficient (Wildman–Crippen LogP) is 7.28. The highest BCUT2D eigenvalue weighted by Crippen LogP contribution is 2.14. The molecule has 20 heavy (non-hydrogen) atoms. The number of halogens is 2. The minimum atomic E-state index is -0.364. The van der Waals surface area contributed by atoms with Gasteiger partial charge in [0.05, 0.1) is 0 Å². The Hall–Kier alpha value is -1.34. The molecule has 0 radical (unpaired) electrons. The van der Waals surface area contributed by atoms with Crippen LogP contribution in [-0.4, -0.2) is 0 Å². The zero-order valence-corrected chi connectivity index (χ0v) is 14.1. The highest BCUT2D eigenvalue weighted by molar-refractivity contribution is 6.31. The van der Waals surface area contributed by atoms with Crippen molar-refractivity contribution in [2.45, 2.75) is 40.5 Å². The Kier molecular flexibility index (Phi) is 21.0. The third-order valence-electron chi connectivity index (χ3n) is 2.10. The van der Waals surface area contributed by atoms with Gasteiger partial charge in [-0.1, -0.05) is 89.9 Å². The molecule has 0 aliphatic rings. The summed E-state index contributed by atoms with van der Waals surface area (Å²) in [5.74, 6) is -0.364. The van der Waals surface area contributed by atoms with Crippen molar-refractivity contribution in [2.75, 3.05) is 0 Å². The van der Waals surface area contributed by atoms with Crippen LogP contribution in [0.4, 0.5) is 4.39 Å². The molecule has 114 valence electrons. The summed E-state index contributed by atoms with van der Waals surface area (Å²) >= 11 is 5.61. The lowest BCUT2D eigenvalue weighted by molar-refractivity contribution is 0.647. The zero-order valence-electron chi connectivity index (χ0n) is 13.3. The van der Waals surface area contributed by atoms with Crippen LogP contribution in [0.25, 0.3) is 0 Å². The fraction of sp³-hybridized carbons (Fsp3) is 0.333. The third kappa shape index (κ3) is 14.7. The van der Waals surface area contributed by atoms with Crippen molar-refractivity contribution in [3.05, 3.63) is 72.6 Å². The molecule has 0 nitrogen and oxygen atoms in total. The Morgan fingerprint density at radius 2 is 1.30 bits per heavy atom. The molecule has 0 aliphatic carbocycles. The summed E-state index contributed by atoms with van der Waals surface area (Å²) in [7, 11) is 0. The van der Waals surface area contributed by atoms with Crippen LogP contribution in [0.5, 0.6) is 0 Å². The van der Waals surface area contributed by atoms with E-state index in [0.717, 1.165) is 12.0 Å². The molecule has 0 saturated heterocycles. The van der Waals surface area contributed by atoms with E-state index < -0.39 is 0 Å². The molecule has 0 N–H and O–H groups in total. The molecule has 0 aromatic carbocycles. The SMILES string of the molecule is C=C/C=C(/CC)C(=C)Cl.C=C/C=C(/CC)C(=C)F.CC. The Morgan fingerprint density at radius 1 is 0.950 bits per heavy atom. The average Bonchev–Trinajstić information content (AvgIpc) is 2.44. The van der Waals surface area contributed by atoms with Gasteiger partial charge >= 0.3 is 0 Å². The summed E-state index contributed by atoms with van der Waals surface area (Å²) in [5.41, 5.74) is 1.66. The normalized spacial score (nSPS) is 10.3. The van der Waals surface area contributed by atoms with E-state index in [0.29, 0.717) is 17.0 Å². The number of rotatable bonds is 6. The topological polar surface area (TPSA) is 0 Å². The standard InChI is InChI=1S/C8H11Cl.C8H11F.C2H6/c2*1-4-6-8(5-2)7(3)9;1-2/h2*4,6H,1,3,5H2,2H3;1-2H3/b2*8-6-;. The molecule has 0 aromatic heterocycles. The van der Waals surface area contributed by atoms with E-state index in [9.17, 15) is 4.39 Å². The zero-order chi connectivity index (χ0) is 16.6. The van der Waals surface area contributed by atoms with Gasteiger partial charge in [0.25, 0.3) is 0 Å². The molecule has 0 fully saturated rings. The van der Waals surface area contributed by atoms with Crippen LogP contribution in [-0.2, 0) is 0 Å². The van der Waals surface area contributed by atoms with E-state index in [-0.39, 0.29) is 5.83 Å². The highest BCUT2D eigenvalue weighted by Gasteiger charge is 1.94. The summed E-state index contributed by atoms with van der Waals surface area (Å²) in [6, 6.07) is 0. The predicted molar refractivity (Wildman–Crippen MR) is 93.7 cm³/mol. The van der Waals surface area contributed by atoms with Gasteiger partial charge in [-0.2, -0.15) is 0 Å². The van der Waals surface area contributed by atoms with Crippen LogP contribution in [0.2, 0.25) is 0 Å². The van der Waals surface area contributed by atoms with Crippen molar-refractivity contribution in [2.24, 2.45) is 0 Å². The first-order chi connectivity index (χ1) is 9.44. The molecule has 2 heteroatoms. The van der Waals surface area contributed by atoms with E-state index in [1.54, 1.807) is 18.2 Å². The van der Waals surface area contributed by atoms with Gasteiger partial charge in [-0.25, -0.2) is 4.39 Å². The molecule has 0 aromatic rings. The van der Waals surface area contributed by atoms with Crippen molar-refractivity contribution in [3.63, 3.8) is 0 Å². The maximum Gasteiger partial charge on any atom is 0.119 e. The molecule has 0 saturated carbocycles. The minimum absolute atomic E-state index is 0.364. The molecular weight excluding hydrogens is 271 g/mol. The van der Waals surface area contributed by atoms with E-state index in [4.69, 9.17) is 11.6 Å². The summed E-state index contributed by atoms with van der Waals surface area (Å²) in [6.45, 7) is 21.7. The summed E-state index contributed by atoms with van der Waals surface area (Å²) in [6.07, 6.45) is 8.35. The number of hydrogen-bond acceptors (Lipinski definition) is 0. The number of allylic oxidation sites excluding steroid dienone is 8. The first kappa shape index (κ1) is 23.7. The van der Waals surface area contributed by atoms with Crippen molar-refractivity contribution in [1.82, 2.24) is 0 Å². The maximum absolute atomic E-state index is 12.2. The van der Waals surface area contributed by atoms with Crippen LogP contribution in [0.3, 0.4) is 0 Å². The molecule has 0 rings (SSSR count). The highest BCUT2D eigenvalue weighted by atomic mass is 35.5. The van der Waals surface area contributed by atoms with Crippen LogP contribution >= 0.6 is 11.6 Å². The van der Waals surface area contributed by atoms with Crippen molar-refractivity contribution < 1.29 is 4.39 Å². The first-order valence-corrected chi connectivity index (χ1v) is 7.14. The van der Waals surface area contributed by atoms with Gasteiger partial charge in [-0.15, -0.1) is 0 Å². The number of hydrogen-bond donors (Lipinski definition) is 0. The summed E-state index contributed by atoms with van der Waals surface area (Å²) in [4.78, 5) is 0. The second kappa shape index (κ2) is 17.7. The third-order valence-corrected chi connectivity index (χ3v) is 2.34. The van der Waals surface area contributed by atoms with Crippen molar-refractivity contribution >= 4 is 11.6 Å². The molecule has 0 spiro atoms. The van der Waals surface area contributed by atoms with E-state index >= 15 is 0 Å². The Balaban J connectivity index is -0.000000257. The lowest BCUT2D eigenvalue weighted by Gasteiger charge is -1.96. The average molecular weight is 299 g/mol. The van der Waals surface area contributed by atoms with Crippen LogP contribution in [0, 0.1) is 0 Å². The van der Waals surface area contributed by atoms with E-state index in [2.05, 4.69) is 26.3 Å². The van der Waals surface area contributed by atoms with Crippen LogP contribution < -0.4 is 0 Å². The van der Waals surface area contributed by atoms with Gasteiger partial charge in [0.2, 0.25) is 0 Å². The fourth-order valence-electron chi connectivity index (χ4n) is 1.08. The Labute approximate surface area is 129 Å². The van der Waals surface area contributed by atoms with E-state index in [1.807, 2.05) is 33.8 Å². The van der Waals surface area contributed by atoms with Gasteiger partial charge in [-0.05, 0) is 24.0 Å². The van der Waals surface area contributed by atoms with Crippen molar-refractivity contribution in [3.8, 4) is 0 Å². The smallest absolute Gasteiger partial charge is 0.119 e. The molecule has 0 bridgehead atoms. The quantitative estimate of drug-likeness (QED) is 0.452. The van der Waals surface area contributed by atoms with Gasteiger partial charge in [-0.3, -0.25) is 0 Å². The molecule has 0 unspecified atom stereocenters. The fourth-order valence-corrected chi connectivity index (χ4v) is 1.28. The van der Waals surface area contributed by atoms with Gasteiger partial charge in [0.15, 0.2) is 0 Å². The summed E-state index contributed by atoms with van der Waals surface area (Å²) < 4.78 is 12.2. The Morgan fingerprint density at radius 3 is 1.40 bits per heavy atom. The monoisotopic (exact) mass is 298 g/mol. The van der Waals surface area contributed by atoms with Gasteiger partial charge in [0, 0.05) is 5.03 Å². The molecule has 0 amide bonds. The second-order valence-electron chi connectivity index (χ2n) is 3.37. The second-order valence-corrected chi connectivity index (χ2v) is 3.83. The van der Waals surface area contributed by atoms with Crippen LogP contribution in [0.1, 0.15) is 40.5 Å². The van der Waals surface area contributed by atoms with Gasteiger partial charge < -0.3 is 0 Å². The lowest BCUT2D eigenvalue weighted by Crippen LogP contribution is -1.77. The maximum atomic E-state index is 12.2. The lowest BCUT2D eigenvalue weighted by atomic mass is 10.2. The van der Waals surface area contributed by atoms with E-state index in [1.165, 1.54) is 0 Å². The molecule has 0 heterocycles. The largest absolute Gasteiger partial charge is 0.207 e. The van der Waals surface area contributed by atoms with Crippen LogP contribution in [0.15, 0.2) is 72.6 Å². The van der Waals surface area contributed by atoms with Gasteiger partial charge in [0.1, 0.15) is 5.83 Å². The summed E-state index contributed by atoms with van der Waals surface area (Å²) in [5, 5.41) is 0.609. The molecule has 0 aliphatic heterocycles. The molecular formula is C18H28ClF.